The second-order valence-corrected chi connectivity index (χ2v) is 10.5. The SMILES string of the molecule is CC[C@]12CCC3C4=C(CCC3C1C1CC1[C@@]21CCC(=O)O1)C(Cl)=C(N)CC4. The number of hydrogen-bond acceptors (Lipinski definition) is 3. The van der Waals surface area contributed by atoms with Crippen LogP contribution in [0, 0.1) is 35.0 Å². The summed E-state index contributed by atoms with van der Waals surface area (Å²) in [7, 11) is 0. The summed E-state index contributed by atoms with van der Waals surface area (Å²) in [5, 5.41) is 0.874. The molecule has 7 atom stereocenters. The highest BCUT2D eigenvalue weighted by atomic mass is 35.5. The van der Waals surface area contributed by atoms with Gasteiger partial charge in [0.05, 0.1) is 5.03 Å². The molecule has 6 rings (SSSR count). The molecular formula is C23H30ClNO2. The summed E-state index contributed by atoms with van der Waals surface area (Å²) >= 11 is 6.63. The van der Waals surface area contributed by atoms with Gasteiger partial charge in [-0.3, -0.25) is 4.79 Å². The van der Waals surface area contributed by atoms with E-state index >= 15 is 0 Å². The Morgan fingerprint density at radius 2 is 2.00 bits per heavy atom. The number of esters is 1. The van der Waals surface area contributed by atoms with Gasteiger partial charge in [0.1, 0.15) is 5.60 Å². The first-order valence-corrected chi connectivity index (χ1v) is 11.5. The number of carbonyl (C=O) groups excluding carboxylic acids is 1. The van der Waals surface area contributed by atoms with Gasteiger partial charge >= 0.3 is 5.97 Å². The summed E-state index contributed by atoms with van der Waals surface area (Å²) in [6, 6.07) is 0. The zero-order valence-corrected chi connectivity index (χ0v) is 17.0. The lowest BCUT2D eigenvalue weighted by atomic mass is 9.49. The molecule has 1 aliphatic heterocycles. The monoisotopic (exact) mass is 387 g/mol. The molecule has 5 unspecified atom stereocenters. The third-order valence-electron chi connectivity index (χ3n) is 9.66. The number of hydrogen-bond donors (Lipinski definition) is 1. The van der Waals surface area contributed by atoms with E-state index in [0.29, 0.717) is 18.3 Å². The van der Waals surface area contributed by atoms with Crippen molar-refractivity contribution in [3.8, 4) is 0 Å². The largest absolute Gasteiger partial charge is 0.458 e. The zero-order valence-electron chi connectivity index (χ0n) is 16.2. The summed E-state index contributed by atoms with van der Waals surface area (Å²) in [4.78, 5) is 12.2. The molecule has 1 saturated heterocycles. The van der Waals surface area contributed by atoms with Crippen molar-refractivity contribution in [2.24, 2.45) is 40.7 Å². The molecule has 0 radical (unpaired) electrons. The Balaban J connectivity index is 1.41. The molecule has 0 aromatic heterocycles. The van der Waals surface area contributed by atoms with Crippen molar-refractivity contribution in [1.29, 1.82) is 0 Å². The molecule has 0 aromatic carbocycles. The first kappa shape index (κ1) is 16.9. The van der Waals surface area contributed by atoms with E-state index in [2.05, 4.69) is 6.92 Å². The maximum absolute atomic E-state index is 12.2. The van der Waals surface area contributed by atoms with Gasteiger partial charge in [0, 0.05) is 23.5 Å². The number of carbonyl (C=O) groups is 1. The van der Waals surface area contributed by atoms with Crippen LogP contribution in [-0.4, -0.2) is 11.6 Å². The lowest BCUT2D eigenvalue weighted by molar-refractivity contribution is -0.176. The van der Waals surface area contributed by atoms with Crippen molar-refractivity contribution in [3.63, 3.8) is 0 Å². The lowest BCUT2D eigenvalue weighted by Crippen LogP contribution is -2.55. The number of allylic oxidation sites excluding steroid dienone is 4. The molecule has 0 aromatic rings. The van der Waals surface area contributed by atoms with Crippen molar-refractivity contribution in [1.82, 2.24) is 0 Å². The third kappa shape index (κ3) is 1.88. The average Bonchev–Trinajstić information content (AvgIpc) is 3.32. The number of ether oxygens (including phenoxy) is 1. The summed E-state index contributed by atoms with van der Waals surface area (Å²) in [6.07, 6.45) is 10.9. The number of fused-ring (bicyclic) bond motifs is 8. The van der Waals surface area contributed by atoms with Gasteiger partial charge in [-0.15, -0.1) is 0 Å². The quantitative estimate of drug-likeness (QED) is 0.641. The summed E-state index contributed by atoms with van der Waals surface area (Å²) in [6.45, 7) is 2.36. The molecule has 2 N–H and O–H groups in total. The van der Waals surface area contributed by atoms with Crippen LogP contribution in [0.5, 0.6) is 0 Å². The number of rotatable bonds is 1. The van der Waals surface area contributed by atoms with Gasteiger partial charge in [0.15, 0.2) is 0 Å². The highest BCUT2D eigenvalue weighted by Gasteiger charge is 2.79. The van der Waals surface area contributed by atoms with E-state index in [1.165, 1.54) is 37.7 Å². The molecule has 3 nitrogen and oxygen atoms in total. The van der Waals surface area contributed by atoms with Gasteiger partial charge in [-0.05, 0) is 87.0 Å². The van der Waals surface area contributed by atoms with Gasteiger partial charge in [-0.25, -0.2) is 0 Å². The van der Waals surface area contributed by atoms with Crippen LogP contribution in [0.4, 0.5) is 0 Å². The molecule has 146 valence electrons. The van der Waals surface area contributed by atoms with E-state index in [1.54, 1.807) is 5.57 Å². The third-order valence-corrected chi connectivity index (χ3v) is 10.1. The predicted molar refractivity (Wildman–Crippen MR) is 105 cm³/mol. The van der Waals surface area contributed by atoms with Crippen LogP contribution in [0.25, 0.3) is 0 Å². The van der Waals surface area contributed by atoms with Crippen molar-refractivity contribution in [3.05, 3.63) is 21.9 Å². The van der Waals surface area contributed by atoms with Gasteiger partial charge in [-0.1, -0.05) is 24.1 Å². The van der Waals surface area contributed by atoms with Crippen molar-refractivity contribution < 1.29 is 9.53 Å². The Morgan fingerprint density at radius 1 is 1.15 bits per heavy atom. The van der Waals surface area contributed by atoms with Gasteiger partial charge in [-0.2, -0.15) is 0 Å². The minimum absolute atomic E-state index is 0.0598. The average molecular weight is 388 g/mol. The summed E-state index contributed by atoms with van der Waals surface area (Å²) in [5.41, 5.74) is 10.2. The molecule has 6 aliphatic rings. The normalized spacial score (nSPS) is 50.3. The predicted octanol–water partition coefficient (Wildman–Crippen LogP) is 5.04. The first-order valence-electron chi connectivity index (χ1n) is 11.1. The maximum atomic E-state index is 12.2. The zero-order chi connectivity index (χ0) is 18.6. The van der Waals surface area contributed by atoms with Crippen LogP contribution in [0.15, 0.2) is 21.9 Å². The van der Waals surface area contributed by atoms with Gasteiger partial charge in [0.2, 0.25) is 0 Å². The van der Waals surface area contributed by atoms with E-state index in [0.717, 1.165) is 54.2 Å². The fourth-order valence-electron chi connectivity index (χ4n) is 8.78. The molecule has 4 fully saturated rings. The van der Waals surface area contributed by atoms with Crippen molar-refractivity contribution >= 4 is 17.6 Å². The first-order chi connectivity index (χ1) is 13.0. The van der Waals surface area contributed by atoms with E-state index in [-0.39, 0.29) is 17.0 Å². The van der Waals surface area contributed by atoms with Crippen LogP contribution in [0.1, 0.15) is 71.1 Å². The topological polar surface area (TPSA) is 52.3 Å². The minimum Gasteiger partial charge on any atom is -0.458 e. The van der Waals surface area contributed by atoms with Crippen molar-refractivity contribution in [2.45, 2.75) is 76.7 Å². The second kappa shape index (κ2) is 5.34. The molecule has 1 spiro atoms. The van der Waals surface area contributed by atoms with Gasteiger partial charge in [0.25, 0.3) is 0 Å². The smallest absolute Gasteiger partial charge is 0.306 e. The molecule has 0 bridgehead atoms. The van der Waals surface area contributed by atoms with Crippen molar-refractivity contribution in [2.75, 3.05) is 0 Å². The Bertz CT molecular complexity index is 800. The summed E-state index contributed by atoms with van der Waals surface area (Å²) in [5.74, 6) is 3.69. The molecular weight excluding hydrogens is 358 g/mol. The number of nitrogens with two attached hydrogens (primary N) is 1. The minimum atomic E-state index is -0.123. The maximum Gasteiger partial charge on any atom is 0.306 e. The van der Waals surface area contributed by atoms with Gasteiger partial charge < -0.3 is 10.5 Å². The Morgan fingerprint density at radius 3 is 2.74 bits per heavy atom. The highest BCUT2D eigenvalue weighted by molar-refractivity contribution is 6.32. The molecule has 3 saturated carbocycles. The summed E-state index contributed by atoms with van der Waals surface area (Å²) < 4.78 is 6.25. The fourth-order valence-corrected chi connectivity index (χ4v) is 9.09. The van der Waals surface area contributed by atoms with Crippen LogP contribution < -0.4 is 5.73 Å². The van der Waals surface area contributed by atoms with Crippen LogP contribution in [-0.2, 0) is 9.53 Å². The molecule has 1 heterocycles. The van der Waals surface area contributed by atoms with E-state index in [4.69, 9.17) is 22.1 Å². The molecule has 27 heavy (non-hydrogen) atoms. The standard InChI is InChI=1S/C23H30ClNO2/c1-2-22-9-7-13-12-5-6-18(25)21(24)15(12)4-3-14(13)20(22)16-11-17(16)23(22)10-8-19(26)27-23/h13-14,16-17,20H,2-11,25H2,1H3/t13?,14?,16?,17?,20?,22-,23-/m0/s1. The Hall–Kier alpha value is -0.960. The highest BCUT2D eigenvalue weighted by Crippen LogP contribution is 2.79. The molecule has 5 aliphatic carbocycles. The van der Waals surface area contributed by atoms with E-state index < -0.39 is 0 Å². The van der Waals surface area contributed by atoms with Crippen LogP contribution in [0.3, 0.4) is 0 Å². The number of halogens is 1. The Labute approximate surface area is 166 Å². The fraction of sp³-hybridized carbons (Fsp3) is 0.783. The molecule has 0 amide bonds. The lowest BCUT2D eigenvalue weighted by Gasteiger charge is -2.57. The Kier molecular flexibility index (Phi) is 3.35. The van der Waals surface area contributed by atoms with Crippen LogP contribution >= 0.6 is 11.6 Å². The van der Waals surface area contributed by atoms with Crippen LogP contribution in [0.2, 0.25) is 0 Å². The van der Waals surface area contributed by atoms with E-state index in [1.807, 2.05) is 0 Å². The van der Waals surface area contributed by atoms with E-state index in [9.17, 15) is 4.79 Å². The second-order valence-electron chi connectivity index (χ2n) is 10.1. The molecule has 4 heteroatoms.